The Balaban J connectivity index is 1.72. The fourth-order valence-corrected chi connectivity index (χ4v) is 4.10. The van der Waals surface area contributed by atoms with Gasteiger partial charge in [0.1, 0.15) is 0 Å². The van der Waals surface area contributed by atoms with Gasteiger partial charge in [0.25, 0.3) is 0 Å². The molecular weight excluding hydrogens is 432 g/mol. The number of esters is 1. The van der Waals surface area contributed by atoms with E-state index in [1.807, 2.05) is 48.5 Å². The second-order valence-electron chi connectivity index (χ2n) is 6.89. The van der Waals surface area contributed by atoms with Crippen LogP contribution in [0.2, 0.25) is 0 Å². The highest BCUT2D eigenvalue weighted by atomic mass is 79.9. The Morgan fingerprint density at radius 1 is 1.14 bits per heavy atom. The van der Waals surface area contributed by atoms with E-state index in [1.165, 1.54) is 0 Å². The Morgan fingerprint density at radius 3 is 2.69 bits per heavy atom. The quantitative estimate of drug-likeness (QED) is 0.594. The van der Waals surface area contributed by atoms with Gasteiger partial charge in [0.15, 0.2) is 0 Å². The number of aromatic nitrogens is 1. The highest BCUT2D eigenvalue weighted by Gasteiger charge is 2.27. The third-order valence-corrected chi connectivity index (χ3v) is 5.86. The molecular formula is C23H21BrN2O3. The van der Waals surface area contributed by atoms with E-state index in [0.717, 1.165) is 32.2 Å². The van der Waals surface area contributed by atoms with Crippen molar-refractivity contribution < 1.29 is 14.3 Å². The minimum atomic E-state index is -0.430. The van der Waals surface area contributed by atoms with Crippen LogP contribution in [0.25, 0.3) is 16.5 Å². The van der Waals surface area contributed by atoms with Crippen molar-refractivity contribution in [2.75, 3.05) is 13.2 Å². The number of benzene rings is 2. The van der Waals surface area contributed by atoms with Crippen molar-refractivity contribution in [1.29, 1.82) is 0 Å². The molecule has 148 valence electrons. The summed E-state index contributed by atoms with van der Waals surface area (Å²) in [6.45, 7) is 2.55. The van der Waals surface area contributed by atoms with Crippen LogP contribution >= 0.6 is 15.9 Å². The topological polar surface area (TPSA) is 62.4 Å². The van der Waals surface area contributed by atoms with Crippen LogP contribution in [-0.4, -0.2) is 34.9 Å². The summed E-state index contributed by atoms with van der Waals surface area (Å²) in [4.78, 5) is 30.7. The van der Waals surface area contributed by atoms with E-state index in [-0.39, 0.29) is 18.9 Å². The molecule has 0 saturated heterocycles. The molecule has 5 nitrogen and oxygen atoms in total. The number of amides is 1. The van der Waals surface area contributed by atoms with E-state index in [2.05, 4.69) is 20.9 Å². The molecule has 0 unspecified atom stereocenters. The van der Waals surface area contributed by atoms with Crippen molar-refractivity contribution in [2.45, 2.75) is 19.8 Å². The Kier molecular flexibility index (Phi) is 5.53. The number of hydrogen-bond donors (Lipinski definition) is 1. The fourth-order valence-electron chi connectivity index (χ4n) is 3.67. The summed E-state index contributed by atoms with van der Waals surface area (Å²) >= 11 is 3.50. The highest BCUT2D eigenvalue weighted by Crippen LogP contribution is 2.31. The van der Waals surface area contributed by atoms with E-state index in [1.54, 1.807) is 18.0 Å². The minimum Gasteiger partial charge on any atom is -0.462 e. The summed E-state index contributed by atoms with van der Waals surface area (Å²) in [5.74, 6) is -0.492. The number of halogens is 1. The smallest absolute Gasteiger partial charge is 0.341 e. The molecule has 1 amide bonds. The fraction of sp³-hybridized carbons (Fsp3) is 0.217. The SMILES string of the molecule is CCOC(=O)C1=CN(C(=O)Cc2ccccc2Br)CCc2c1[nH]c1ccccc21. The summed E-state index contributed by atoms with van der Waals surface area (Å²) in [6.07, 6.45) is 2.54. The number of fused-ring (bicyclic) bond motifs is 3. The highest BCUT2D eigenvalue weighted by molar-refractivity contribution is 9.10. The lowest BCUT2D eigenvalue weighted by Crippen LogP contribution is -2.29. The average molecular weight is 453 g/mol. The number of ether oxygens (including phenoxy) is 1. The molecule has 1 aromatic heterocycles. The molecule has 0 atom stereocenters. The predicted octanol–water partition coefficient (Wildman–Crippen LogP) is 4.46. The number of carbonyl (C=O) groups excluding carboxylic acids is 2. The molecule has 1 aliphatic rings. The summed E-state index contributed by atoms with van der Waals surface area (Å²) in [5.41, 5.74) is 4.05. The zero-order valence-corrected chi connectivity index (χ0v) is 17.7. The number of aromatic amines is 1. The number of carbonyl (C=O) groups is 2. The van der Waals surface area contributed by atoms with E-state index < -0.39 is 5.97 Å². The summed E-state index contributed by atoms with van der Waals surface area (Å²) in [5, 5.41) is 1.07. The molecule has 1 N–H and O–H groups in total. The van der Waals surface area contributed by atoms with Crippen LogP contribution in [0.3, 0.4) is 0 Å². The number of H-pyrrole nitrogens is 1. The zero-order valence-electron chi connectivity index (χ0n) is 16.1. The van der Waals surface area contributed by atoms with Crippen molar-refractivity contribution in [3.8, 4) is 0 Å². The van der Waals surface area contributed by atoms with Gasteiger partial charge in [-0.05, 0) is 36.6 Å². The van der Waals surface area contributed by atoms with Gasteiger partial charge in [-0.25, -0.2) is 4.79 Å². The Labute approximate surface area is 177 Å². The molecule has 0 saturated carbocycles. The number of nitrogens with zero attached hydrogens (tertiary/aromatic N) is 1. The first-order valence-corrected chi connectivity index (χ1v) is 10.4. The van der Waals surface area contributed by atoms with E-state index in [4.69, 9.17) is 4.74 Å². The minimum absolute atomic E-state index is 0.0619. The van der Waals surface area contributed by atoms with Crippen molar-refractivity contribution in [1.82, 2.24) is 9.88 Å². The Bertz CT molecular complexity index is 1120. The summed E-state index contributed by atoms with van der Waals surface area (Å²) < 4.78 is 6.18. The lowest BCUT2D eigenvalue weighted by atomic mass is 10.0. The van der Waals surface area contributed by atoms with Crippen LogP contribution in [0.4, 0.5) is 0 Å². The standard InChI is InChI=1S/C23H21BrN2O3/c1-2-29-23(28)18-14-26(21(27)13-15-7-3-5-9-19(15)24)12-11-17-16-8-4-6-10-20(16)25-22(17)18/h3-10,14,25H,2,11-13H2,1H3. The number of para-hydroxylation sites is 1. The molecule has 29 heavy (non-hydrogen) atoms. The average Bonchev–Trinajstić information content (AvgIpc) is 2.97. The Morgan fingerprint density at radius 2 is 1.90 bits per heavy atom. The maximum atomic E-state index is 13.0. The van der Waals surface area contributed by atoms with Gasteiger partial charge < -0.3 is 14.6 Å². The van der Waals surface area contributed by atoms with Crippen molar-refractivity contribution in [2.24, 2.45) is 0 Å². The molecule has 0 bridgehead atoms. The third kappa shape index (κ3) is 3.85. The Hall–Kier alpha value is -2.86. The van der Waals surface area contributed by atoms with Gasteiger partial charge in [0.05, 0.1) is 24.3 Å². The third-order valence-electron chi connectivity index (χ3n) is 5.09. The van der Waals surface area contributed by atoms with Gasteiger partial charge in [-0.2, -0.15) is 0 Å². The first-order valence-electron chi connectivity index (χ1n) is 9.60. The zero-order chi connectivity index (χ0) is 20.4. The maximum absolute atomic E-state index is 13.0. The second kappa shape index (κ2) is 8.25. The number of rotatable bonds is 4. The molecule has 2 aromatic carbocycles. The second-order valence-corrected chi connectivity index (χ2v) is 7.75. The van der Waals surface area contributed by atoms with E-state index >= 15 is 0 Å². The van der Waals surface area contributed by atoms with Crippen LogP contribution < -0.4 is 0 Å². The van der Waals surface area contributed by atoms with Crippen LogP contribution in [0.5, 0.6) is 0 Å². The lowest BCUT2D eigenvalue weighted by molar-refractivity contribution is -0.136. The maximum Gasteiger partial charge on any atom is 0.341 e. The van der Waals surface area contributed by atoms with Gasteiger partial charge in [0.2, 0.25) is 5.91 Å². The van der Waals surface area contributed by atoms with Crippen LogP contribution in [0.15, 0.2) is 59.2 Å². The van der Waals surface area contributed by atoms with Crippen LogP contribution in [0, 0.1) is 0 Å². The van der Waals surface area contributed by atoms with Crippen molar-refractivity contribution >= 4 is 44.3 Å². The number of hydrogen-bond acceptors (Lipinski definition) is 3. The monoisotopic (exact) mass is 452 g/mol. The van der Waals surface area contributed by atoms with E-state index in [0.29, 0.717) is 18.5 Å². The van der Waals surface area contributed by atoms with Crippen LogP contribution in [-0.2, 0) is 27.2 Å². The van der Waals surface area contributed by atoms with Gasteiger partial charge in [-0.3, -0.25) is 4.79 Å². The molecule has 0 aliphatic carbocycles. The summed E-state index contributed by atoms with van der Waals surface area (Å²) in [7, 11) is 0. The molecule has 6 heteroatoms. The van der Waals surface area contributed by atoms with Gasteiger partial charge >= 0.3 is 5.97 Å². The molecule has 1 aliphatic heterocycles. The first kappa shape index (κ1) is 19.5. The van der Waals surface area contributed by atoms with Gasteiger partial charge in [-0.1, -0.05) is 52.3 Å². The van der Waals surface area contributed by atoms with Gasteiger partial charge in [-0.15, -0.1) is 0 Å². The molecule has 0 spiro atoms. The van der Waals surface area contributed by atoms with Crippen LogP contribution in [0.1, 0.15) is 23.7 Å². The normalized spacial score (nSPS) is 13.6. The molecule has 4 rings (SSSR count). The molecule has 3 aromatic rings. The van der Waals surface area contributed by atoms with Gasteiger partial charge in [0, 0.05) is 28.1 Å². The predicted molar refractivity (Wildman–Crippen MR) is 116 cm³/mol. The lowest BCUT2D eigenvalue weighted by Gasteiger charge is -2.18. The summed E-state index contributed by atoms with van der Waals surface area (Å²) in [6, 6.07) is 15.6. The van der Waals surface area contributed by atoms with Crippen molar-refractivity contribution in [3.05, 3.63) is 76.0 Å². The largest absolute Gasteiger partial charge is 0.462 e. The molecule has 2 heterocycles. The molecule has 0 radical (unpaired) electrons. The van der Waals surface area contributed by atoms with Crippen molar-refractivity contribution in [3.63, 3.8) is 0 Å². The number of nitrogens with one attached hydrogen (secondary N) is 1. The van der Waals surface area contributed by atoms with E-state index in [9.17, 15) is 9.59 Å². The molecule has 0 fully saturated rings. The first-order chi connectivity index (χ1) is 14.1.